The number of aliphatic hydroxyl groups is 1. The van der Waals surface area contributed by atoms with Gasteiger partial charge in [0.15, 0.2) is 0 Å². The van der Waals surface area contributed by atoms with Gasteiger partial charge in [0.1, 0.15) is 35.5 Å². The maximum Gasteiger partial charge on any atom is 0.408 e. The number of ether oxygens (including phenoxy) is 1. The number of amides is 9. The predicted molar refractivity (Wildman–Crippen MR) is 334 cm³/mol. The molecule has 474 valence electrons. The molecule has 3 aliphatic heterocycles. The summed E-state index contributed by atoms with van der Waals surface area (Å²) in [4.78, 5) is 133. The van der Waals surface area contributed by atoms with Gasteiger partial charge < -0.3 is 56.9 Å². The van der Waals surface area contributed by atoms with Gasteiger partial charge in [-0.1, -0.05) is 138 Å². The first-order valence-corrected chi connectivity index (χ1v) is 31.6. The van der Waals surface area contributed by atoms with Gasteiger partial charge in [-0.3, -0.25) is 38.4 Å². The molecule has 21 nitrogen and oxygen atoms in total. The highest BCUT2D eigenvalue weighted by molar-refractivity contribution is 7.13. The van der Waals surface area contributed by atoms with Crippen molar-refractivity contribution in [3.8, 4) is 10.4 Å². The SMILES string of the molecule is Cc1ncsc1-c1ccc(CNC(=O)[C@@H]2C[C@@H](O)CN2C(=O)[C@@H](NC(=O)CCCCCCCCCC(=O)N2CC[C@H]3CC[C@@H](C(=O)N/C(=C/CC(N)=O)C(=O)NC(c4ccccc4)c4ccccc4)N3C(=O)[C@@H](NC(=O)OC(C)(C)C)C2)C(C)(C)C)cc1. The quantitative estimate of drug-likeness (QED) is 0.0261. The van der Waals surface area contributed by atoms with Gasteiger partial charge in [0.25, 0.3) is 5.91 Å². The Labute approximate surface area is 520 Å². The number of hydrogen-bond donors (Lipinski definition) is 7. The smallest absolute Gasteiger partial charge is 0.408 e. The van der Waals surface area contributed by atoms with Crippen LogP contribution in [0.4, 0.5) is 4.79 Å². The van der Waals surface area contributed by atoms with Gasteiger partial charge in [-0.05, 0) is 93.5 Å². The van der Waals surface area contributed by atoms with Gasteiger partial charge in [0.05, 0.1) is 34.8 Å². The number of aryl methyl sites for hydroxylation is 1. The summed E-state index contributed by atoms with van der Waals surface area (Å²) in [6.45, 7) is 12.9. The van der Waals surface area contributed by atoms with Crippen LogP contribution in [0.2, 0.25) is 0 Å². The van der Waals surface area contributed by atoms with Crippen molar-refractivity contribution in [3.63, 3.8) is 0 Å². The van der Waals surface area contributed by atoms with Crippen LogP contribution < -0.4 is 32.3 Å². The molecule has 4 aromatic rings. The topological polar surface area (TPSA) is 292 Å². The number of rotatable bonds is 25. The third-order valence-electron chi connectivity index (χ3n) is 16.1. The van der Waals surface area contributed by atoms with Crippen molar-refractivity contribution >= 4 is 64.7 Å². The molecule has 4 heterocycles. The molecule has 0 saturated carbocycles. The van der Waals surface area contributed by atoms with Crippen LogP contribution in [0.15, 0.2) is 102 Å². The molecule has 7 rings (SSSR count). The Morgan fingerprint density at radius 1 is 0.773 bits per heavy atom. The highest BCUT2D eigenvalue weighted by atomic mass is 32.1. The van der Waals surface area contributed by atoms with Gasteiger partial charge >= 0.3 is 6.09 Å². The second kappa shape index (κ2) is 31.3. The molecule has 3 aliphatic rings. The van der Waals surface area contributed by atoms with Gasteiger partial charge in [-0.2, -0.15) is 0 Å². The minimum atomic E-state index is -1.27. The molecule has 6 atom stereocenters. The molecule has 3 aromatic carbocycles. The number of aliphatic hydroxyl groups excluding tert-OH is 1. The fourth-order valence-electron chi connectivity index (χ4n) is 11.5. The van der Waals surface area contributed by atoms with E-state index >= 15 is 0 Å². The van der Waals surface area contributed by atoms with Crippen molar-refractivity contribution in [2.45, 2.75) is 193 Å². The van der Waals surface area contributed by atoms with Crippen LogP contribution in [0.5, 0.6) is 0 Å². The van der Waals surface area contributed by atoms with E-state index in [-0.39, 0.29) is 81.7 Å². The first-order valence-electron chi connectivity index (χ1n) is 30.7. The first-order chi connectivity index (χ1) is 41.9. The average molecular weight is 1230 g/mol. The van der Waals surface area contributed by atoms with Crippen LogP contribution in [0.1, 0.15) is 160 Å². The number of carbonyl (C=O) groups excluding carboxylic acids is 9. The number of nitrogens with zero attached hydrogens (tertiary/aromatic N) is 4. The molecule has 0 aliphatic carbocycles. The number of thiazole rings is 1. The Balaban J connectivity index is 0.867. The second-order valence-electron chi connectivity index (χ2n) is 25.2. The third-order valence-corrected chi connectivity index (χ3v) is 17.1. The van der Waals surface area contributed by atoms with Crippen LogP contribution in [0, 0.1) is 12.3 Å². The Hall–Kier alpha value is -7.98. The summed E-state index contributed by atoms with van der Waals surface area (Å²) in [5, 5.41) is 24.9. The summed E-state index contributed by atoms with van der Waals surface area (Å²) in [5.41, 5.74) is 9.90. The van der Waals surface area contributed by atoms with E-state index in [0.29, 0.717) is 25.7 Å². The lowest BCUT2D eigenvalue weighted by molar-refractivity contribution is -0.145. The third kappa shape index (κ3) is 19.3. The first kappa shape index (κ1) is 67.5. The predicted octanol–water partition coefficient (Wildman–Crippen LogP) is 7.00. The molecular formula is C66H88N10O11S. The minimum Gasteiger partial charge on any atom is -0.444 e. The number of carbonyl (C=O) groups is 9. The zero-order chi connectivity index (χ0) is 63.7. The largest absolute Gasteiger partial charge is 0.444 e. The highest BCUT2D eigenvalue weighted by Gasteiger charge is 2.47. The molecule has 3 fully saturated rings. The Kier molecular flexibility index (Phi) is 24.0. The van der Waals surface area contributed by atoms with E-state index in [9.17, 15) is 48.3 Å². The maximum atomic E-state index is 14.7. The van der Waals surface area contributed by atoms with E-state index in [2.05, 4.69) is 31.6 Å². The number of nitrogens with two attached hydrogens (primary N) is 1. The maximum absolute atomic E-state index is 14.7. The normalized spacial score (nSPS) is 19.2. The number of benzene rings is 3. The summed E-state index contributed by atoms with van der Waals surface area (Å²) >= 11 is 1.56. The molecule has 88 heavy (non-hydrogen) atoms. The molecule has 1 aromatic heterocycles. The number of hydrogen-bond acceptors (Lipinski definition) is 13. The van der Waals surface area contributed by atoms with E-state index in [1.165, 1.54) is 15.9 Å². The van der Waals surface area contributed by atoms with Crippen molar-refractivity contribution in [1.29, 1.82) is 0 Å². The number of nitrogens with one attached hydrogen (secondary N) is 5. The van der Waals surface area contributed by atoms with Crippen LogP contribution in [-0.2, 0) is 49.6 Å². The number of β-amino-alcohol motifs (C(OH)–C–C–N with tert-alkyl or cyclic N) is 1. The number of likely N-dealkylation sites (tertiary alicyclic amines) is 1. The standard InChI is InChI=1S/C66H88N10O11S/c1-42-57(88-41-69-42)46-29-27-43(28-30-46)38-68-60(82)52-37-48(77)39-75(52)63(85)58(65(2,3)4)72-54(79)25-19-11-9-8-10-12-20-26-55(80)74-36-35-47-31-33-51(76(47)62(84)50(40-74)71-64(86)87-66(5,6)7)61(83)70-49(32-34-53(67)78)59(81)73-56(44-21-15-13-16-22-44)45-23-17-14-18-24-45/h13-18,21-24,27-30,32,41,47-48,50-52,56,58,77H,8-12,19-20,25-26,31,33-40H2,1-7H3,(H2,67,78)(H,68,82)(H,70,83)(H,71,86)(H,72,79)(H,73,81)/b49-32+/t47-,48-,50+,51+,52+,58-/m1/s1. The second-order valence-corrected chi connectivity index (χ2v) is 26.1. The number of aromatic nitrogens is 1. The van der Waals surface area contributed by atoms with Gasteiger partial charge in [0.2, 0.25) is 41.4 Å². The van der Waals surface area contributed by atoms with Crippen LogP contribution in [-0.4, -0.2) is 140 Å². The van der Waals surface area contributed by atoms with Crippen molar-refractivity contribution in [2.75, 3.05) is 19.6 Å². The Morgan fingerprint density at radius 2 is 1.40 bits per heavy atom. The van der Waals surface area contributed by atoms with E-state index < -0.39 is 89.0 Å². The van der Waals surface area contributed by atoms with Gasteiger partial charge in [-0.25, -0.2) is 9.78 Å². The summed E-state index contributed by atoms with van der Waals surface area (Å²) in [6, 6.07) is 21.1. The summed E-state index contributed by atoms with van der Waals surface area (Å²) in [7, 11) is 0. The monoisotopic (exact) mass is 1230 g/mol. The lowest BCUT2D eigenvalue weighted by atomic mass is 9.85. The van der Waals surface area contributed by atoms with Crippen molar-refractivity contribution in [2.24, 2.45) is 11.1 Å². The number of fused-ring (bicyclic) bond motifs is 1. The summed E-state index contributed by atoms with van der Waals surface area (Å²) < 4.78 is 5.55. The molecule has 3 saturated heterocycles. The van der Waals surface area contributed by atoms with E-state index in [0.717, 1.165) is 64.9 Å². The van der Waals surface area contributed by atoms with Crippen LogP contribution in [0.25, 0.3) is 10.4 Å². The lowest BCUT2D eigenvalue weighted by Crippen LogP contribution is -2.61. The summed E-state index contributed by atoms with van der Waals surface area (Å²) in [5.74, 6) is -3.91. The molecule has 9 amide bonds. The molecule has 0 bridgehead atoms. The Bertz CT molecular complexity index is 3070. The van der Waals surface area contributed by atoms with Crippen LogP contribution >= 0.6 is 11.3 Å². The number of unbranched alkanes of at least 4 members (excludes halogenated alkanes) is 6. The molecule has 0 unspecified atom stereocenters. The van der Waals surface area contributed by atoms with E-state index in [1.807, 2.05) is 113 Å². The lowest BCUT2D eigenvalue weighted by Gasteiger charge is -2.39. The fourth-order valence-corrected chi connectivity index (χ4v) is 12.3. The molecular weight excluding hydrogens is 1140 g/mol. The van der Waals surface area contributed by atoms with E-state index in [4.69, 9.17) is 10.5 Å². The minimum absolute atomic E-state index is 0.0200. The van der Waals surface area contributed by atoms with Crippen LogP contribution in [0.3, 0.4) is 0 Å². The molecule has 0 spiro atoms. The van der Waals surface area contributed by atoms with Gasteiger partial charge in [-0.15, -0.1) is 11.3 Å². The average Bonchev–Trinajstić information content (AvgIpc) is 2.46. The summed E-state index contributed by atoms with van der Waals surface area (Å²) in [6.07, 6.45) is 5.94. The molecule has 8 N–H and O–H groups in total. The Morgan fingerprint density at radius 3 is 1.99 bits per heavy atom. The van der Waals surface area contributed by atoms with Crippen molar-refractivity contribution in [3.05, 3.63) is 125 Å². The van der Waals surface area contributed by atoms with Gasteiger partial charge in [0, 0.05) is 51.4 Å². The number of primary amides is 1. The van der Waals surface area contributed by atoms with Crippen molar-refractivity contribution in [1.82, 2.24) is 46.3 Å². The highest BCUT2D eigenvalue weighted by Crippen LogP contribution is 2.32. The molecule has 22 heteroatoms. The van der Waals surface area contributed by atoms with E-state index in [1.54, 1.807) is 42.5 Å². The zero-order valence-corrected chi connectivity index (χ0v) is 52.6. The van der Waals surface area contributed by atoms with Crippen molar-refractivity contribution < 1.29 is 53.0 Å². The molecule has 0 radical (unpaired) electrons. The number of alkyl carbamates (subject to hydrolysis) is 1. The fraction of sp³-hybridized carbons (Fsp3) is 0.515. The zero-order valence-electron chi connectivity index (χ0n) is 51.8.